The van der Waals surface area contributed by atoms with Crippen LogP contribution < -0.4 is 4.74 Å². The number of aromatic nitrogens is 2. The molecule has 1 aromatic heterocycles. The van der Waals surface area contributed by atoms with E-state index in [4.69, 9.17) is 4.74 Å². The second-order valence-corrected chi connectivity index (χ2v) is 9.79. The number of halogens is 1. The van der Waals surface area contributed by atoms with Crippen LogP contribution in [0.25, 0.3) is 22.5 Å². The van der Waals surface area contributed by atoms with Crippen LogP contribution in [0, 0.1) is 0 Å². The molecule has 0 aliphatic heterocycles. The minimum atomic E-state index is -0.910. The van der Waals surface area contributed by atoms with Crippen molar-refractivity contribution in [3.8, 4) is 28.3 Å². The van der Waals surface area contributed by atoms with Gasteiger partial charge in [0.25, 0.3) is 0 Å². The highest BCUT2D eigenvalue weighted by Gasteiger charge is 2.08. The SMILES string of the molecule is CCCCCCCCc1ccc(-c2ncc(-c3ccc(OCC(F)CCCCCC)cc3)cn2)cc1. The third-order valence-electron chi connectivity index (χ3n) is 6.67. The van der Waals surface area contributed by atoms with Crippen molar-refractivity contribution < 1.29 is 9.13 Å². The molecule has 0 bridgehead atoms. The monoisotopic (exact) mass is 490 g/mol. The van der Waals surface area contributed by atoms with E-state index >= 15 is 0 Å². The van der Waals surface area contributed by atoms with Crippen LogP contribution in [0.4, 0.5) is 4.39 Å². The minimum Gasteiger partial charge on any atom is -0.491 e. The molecular weight excluding hydrogens is 447 g/mol. The van der Waals surface area contributed by atoms with Crippen LogP contribution in [-0.4, -0.2) is 22.7 Å². The van der Waals surface area contributed by atoms with E-state index in [1.165, 1.54) is 56.9 Å². The summed E-state index contributed by atoms with van der Waals surface area (Å²) in [5.74, 6) is 1.42. The Morgan fingerprint density at radius 1 is 0.667 bits per heavy atom. The molecule has 1 heterocycles. The lowest BCUT2D eigenvalue weighted by Gasteiger charge is -2.11. The van der Waals surface area contributed by atoms with Crippen LogP contribution in [-0.2, 0) is 6.42 Å². The quantitative estimate of drug-likeness (QED) is 0.177. The number of unbranched alkanes of at least 4 members (excludes halogenated alkanes) is 8. The van der Waals surface area contributed by atoms with Crippen molar-refractivity contribution in [1.29, 1.82) is 0 Å². The molecule has 0 saturated carbocycles. The Kier molecular flexibility index (Phi) is 12.4. The van der Waals surface area contributed by atoms with Gasteiger partial charge in [0, 0.05) is 23.5 Å². The molecule has 0 fully saturated rings. The maximum absolute atomic E-state index is 14.0. The van der Waals surface area contributed by atoms with Crippen LogP contribution >= 0.6 is 0 Å². The second-order valence-electron chi connectivity index (χ2n) is 9.79. The van der Waals surface area contributed by atoms with Gasteiger partial charge >= 0.3 is 0 Å². The third kappa shape index (κ3) is 9.72. The fraction of sp³-hybridized carbons (Fsp3) is 0.500. The maximum atomic E-state index is 14.0. The lowest BCUT2D eigenvalue weighted by molar-refractivity contribution is 0.184. The van der Waals surface area contributed by atoms with Gasteiger partial charge in [0.1, 0.15) is 18.5 Å². The van der Waals surface area contributed by atoms with Crippen molar-refractivity contribution in [2.75, 3.05) is 6.61 Å². The van der Waals surface area contributed by atoms with Gasteiger partial charge in [-0.2, -0.15) is 0 Å². The van der Waals surface area contributed by atoms with Crippen molar-refractivity contribution in [3.63, 3.8) is 0 Å². The fourth-order valence-corrected chi connectivity index (χ4v) is 4.36. The average Bonchev–Trinajstić information content (AvgIpc) is 2.93. The standard InChI is InChI=1S/C32H43FN2O/c1-3-5-7-9-10-11-13-26-15-17-28(18-16-26)32-34-23-29(24-35-32)27-19-21-31(22-20-27)36-25-30(33)14-12-8-6-4-2/h15-24,30H,3-14,25H2,1-2H3. The van der Waals surface area contributed by atoms with E-state index in [2.05, 4.69) is 48.1 Å². The van der Waals surface area contributed by atoms with Gasteiger partial charge in [-0.3, -0.25) is 0 Å². The fourth-order valence-electron chi connectivity index (χ4n) is 4.36. The number of aryl methyl sites for hydroxylation is 1. The molecule has 3 aromatic rings. The smallest absolute Gasteiger partial charge is 0.159 e. The maximum Gasteiger partial charge on any atom is 0.159 e. The summed E-state index contributed by atoms with van der Waals surface area (Å²) in [5, 5.41) is 0. The summed E-state index contributed by atoms with van der Waals surface area (Å²) in [6.07, 6.45) is 16.8. The Morgan fingerprint density at radius 3 is 1.92 bits per heavy atom. The minimum absolute atomic E-state index is 0.112. The number of benzene rings is 2. The number of ether oxygens (including phenoxy) is 1. The molecule has 0 aliphatic rings. The Labute approximate surface area is 217 Å². The molecule has 3 rings (SSSR count). The molecule has 0 aliphatic carbocycles. The highest BCUT2D eigenvalue weighted by Crippen LogP contribution is 2.24. The molecule has 194 valence electrons. The average molecular weight is 491 g/mol. The summed E-state index contributed by atoms with van der Waals surface area (Å²) in [5.41, 5.74) is 4.38. The predicted molar refractivity (Wildman–Crippen MR) is 149 cm³/mol. The molecule has 3 nitrogen and oxygen atoms in total. The molecule has 0 amide bonds. The Balaban J connectivity index is 1.45. The van der Waals surface area contributed by atoms with Crippen LogP contribution in [0.1, 0.15) is 90.0 Å². The zero-order valence-electron chi connectivity index (χ0n) is 22.2. The van der Waals surface area contributed by atoms with Gasteiger partial charge in [0.05, 0.1) is 0 Å². The first kappa shape index (κ1) is 27.8. The summed E-state index contributed by atoms with van der Waals surface area (Å²) < 4.78 is 19.7. The van der Waals surface area contributed by atoms with Gasteiger partial charge in [-0.05, 0) is 42.5 Å². The first-order valence-electron chi connectivity index (χ1n) is 14.0. The summed E-state index contributed by atoms with van der Waals surface area (Å²) >= 11 is 0. The first-order chi connectivity index (χ1) is 17.7. The van der Waals surface area contributed by atoms with Gasteiger partial charge < -0.3 is 4.74 Å². The van der Waals surface area contributed by atoms with Crippen LogP contribution in [0.2, 0.25) is 0 Å². The largest absolute Gasteiger partial charge is 0.491 e. The Bertz CT molecular complexity index is 971. The van der Waals surface area contributed by atoms with Gasteiger partial charge in [-0.15, -0.1) is 0 Å². The molecule has 0 saturated heterocycles. The first-order valence-corrected chi connectivity index (χ1v) is 14.0. The van der Waals surface area contributed by atoms with Crippen molar-refractivity contribution in [3.05, 3.63) is 66.5 Å². The number of hydrogen-bond donors (Lipinski definition) is 0. The molecular formula is C32H43FN2O. The third-order valence-corrected chi connectivity index (χ3v) is 6.67. The van der Waals surface area contributed by atoms with Crippen LogP contribution in [0.5, 0.6) is 5.75 Å². The van der Waals surface area contributed by atoms with Gasteiger partial charge in [-0.1, -0.05) is 108 Å². The van der Waals surface area contributed by atoms with E-state index in [0.717, 1.165) is 41.8 Å². The summed E-state index contributed by atoms with van der Waals surface area (Å²) in [4.78, 5) is 9.18. The highest BCUT2D eigenvalue weighted by molar-refractivity contribution is 5.64. The lowest BCUT2D eigenvalue weighted by Crippen LogP contribution is -2.12. The normalized spacial score (nSPS) is 12.0. The van der Waals surface area contributed by atoms with Gasteiger partial charge in [-0.25, -0.2) is 14.4 Å². The second kappa shape index (κ2) is 16.1. The number of alkyl halides is 1. The van der Waals surface area contributed by atoms with Crippen molar-refractivity contribution in [2.45, 2.75) is 97.1 Å². The molecule has 0 N–H and O–H groups in total. The van der Waals surface area contributed by atoms with Crippen molar-refractivity contribution in [1.82, 2.24) is 9.97 Å². The highest BCUT2D eigenvalue weighted by atomic mass is 19.1. The zero-order valence-corrected chi connectivity index (χ0v) is 22.2. The molecule has 0 radical (unpaired) electrons. The topological polar surface area (TPSA) is 35.0 Å². The molecule has 1 unspecified atom stereocenters. The van der Waals surface area contributed by atoms with E-state index in [1.54, 1.807) is 0 Å². The van der Waals surface area contributed by atoms with Gasteiger partial charge in [0.2, 0.25) is 0 Å². The number of hydrogen-bond acceptors (Lipinski definition) is 3. The van der Waals surface area contributed by atoms with Gasteiger partial charge in [0.15, 0.2) is 5.82 Å². The molecule has 0 spiro atoms. The van der Waals surface area contributed by atoms with E-state index in [9.17, 15) is 4.39 Å². The molecule has 36 heavy (non-hydrogen) atoms. The number of nitrogens with zero attached hydrogens (tertiary/aromatic N) is 2. The molecule has 1 atom stereocenters. The van der Waals surface area contributed by atoms with Crippen LogP contribution in [0.15, 0.2) is 60.9 Å². The predicted octanol–water partition coefficient (Wildman–Crippen LogP) is 9.40. The van der Waals surface area contributed by atoms with E-state index < -0.39 is 6.17 Å². The Morgan fingerprint density at radius 2 is 1.25 bits per heavy atom. The Hall–Kier alpha value is -2.75. The van der Waals surface area contributed by atoms with Crippen molar-refractivity contribution >= 4 is 0 Å². The lowest BCUT2D eigenvalue weighted by atomic mass is 10.0. The molecule has 2 aromatic carbocycles. The van der Waals surface area contributed by atoms with Crippen LogP contribution in [0.3, 0.4) is 0 Å². The summed E-state index contributed by atoms with van der Waals surface area (Å²) in [6.45, 7) is 4.53. The molecule has 4 heteroatoms. The zero-order chi connectivity index (χ0) is 25.4. The van der Waals surface area contributed by atoms with E-state index in [1.807, 2.05) is 36.7 Å². The van der Waals surface area contributed by atoms with E-state index in [0.29, 0.717) is 12.2 Å². The number of rotatable bonds is 17. The van der Waals surface area contributed by atoms with E-state index in [-0.39, 0.29) is 6.61 Å². The summed E-state index contributed by atoms with van der Waals surface area (Å²) in [7, 11) is 0. The summed E-state index contributed by atoms with van der Waals surface area (Å²) in [6, 6.07) is 16.4. The van der Waals surface area contributed by atoms with Crippen molar-refractivity contribution in [2.24, 2.45) is 0 Å².